The second-order valence-electron chi connectivity index (χ2n) is 6.92. The molecule has 1 heterocycles. The third kappa shape index (κ3) is 4.19. The van der Waals surface area contributed by atoms with E-state index in [9.17, 15) is 8.42 Å². The van der Waals surface area contributed by atoms with Gasteiger partial charge < -0.3 is 9.64 Å². The van der Waals surface area contributed by atoms with Crippen LogP contribution in [0.3, 0.4) is 0 Å². The van der Waals surface area contributed by atoms with E-state index in [0.717, 1.165) is 19.5 Å². The Bertz CT molecular complexity index is 880. The Kier molecular flexibility index (Phi) is 5.53. The van der Waals surface area contributed by atoms with Crippen molar-refractivity contribution in [3.8, 4) is 5.75 Å². The second kappa shape index (κ2) is 7.68. The first-order valence-electron chi connectivity index (χ1n) is 8.85. The average molecular weight is 375 g/mol. The van der Waals surface area contributed by atoms with E-state index >= 15 is 0 Å². The number of methoxy groups -OCH3 is 1. The molecule has 26 heavy (non-hydrogen) atoms. The number of benzene rings is 2. The van der Waals surface area contributed by atoms with E-state index in [1.807, 2.05) is 0 Å². The maximum absolute atomic E-state index is 12.6. The van der Waals surface area contributed by atoms with Crippen molar-refractivity contribution >= 4 is 15.7 Å². The summed E-state index contributed by atoms with van der Waals surface area (Å²) in [5.41, 5.74) is 3.13. The van der Waals surface area contributed by atoms with Gasteiger partial charge in [0.2, 0.25) is 10.0 Å². The van der Waals surface area contributed by atoms with Gasteiger partial charge in [0.25, 0.3) is 0 Å². The molecule has 0 radical (unpaired) electrons. The van der Waals surface area contributed by atoms with Gasteiger partial charge in [-0.2, -0.15) is 0 Å². The van der Waals surface area contributed by atoms with Crippen molar-refractivity contribution < 1.29 is 13.2 Å². The van der Waals surface area contributed by atoms with E-state index in [-0.39, 0.29) is 0 Å². The minimum Gasteiger partial charge on any atom is -0.497 e. The molecule has 2 aromatic carbocycles. The molecule has 1 fully saturated rings. The van der Waals surface area contributed by atoms with Gasteiger partial charge in [0.1, 0.15) is 5.75 Å². The van der Waals surface area contributed by atoms with Crippen LogP contribution in [0.2, 0.25) is 0 Å². The van der Waals surface area contributed by atoms with Gasteiger partial charge in [-0.15, -0.1) is 0 Å². The Morgan fingerprint density at radius 1 is 1.19 bits per heavy atom. The maximum Gasteiger partial charge on any atom is 0.240 e. The first-order valence-corrected chi connectivity index (χ1v) is 10.3. The minimum absolute atomic E-state index is 0.309. The lowest BCUT2D eigenvalue weighted by Gasteiger charge is -2.19. The quantitative estimate of drug-likeness (QED) is 0.844. The van der Waals surface area contributed by atoms with Crippen molar-refractivity contribution in [2.24, 2.45) is 5.92 Å². The Balaban J connectivity index is 1.62. The third-order valence-electron chi connectivity index (χ3n) is 4.89. The van der Waals surface area contributed by atoms with Crippen molar-refractivity contribution in [1.29, 1.82) is 0 Å². The zero-order valence-electron chi connectivity index (χ0n) is 15.5. The van der Waals surface area contributed by atoms with E-state index in [2.05, 4.69) is 40.8 Å². The molecule has 1 atom stereocenters. The molecule has 1 aliphatic rings. The first kappa shape index (κ1) is 18.7. The highest BCUT2D eigenvalue weighted by Crippen LogP contribution is 2.25. The van der Waals surface area contributed by atoms with Gasteiger partial charge in [-0.3, -0.25) is 0 Å². The van der Waals surface area contributed by atoms with Crippen molar-refractivity contribution in [3.63, 3.8) is 0 Å². The molecule has 140 valence electrons. The van der Waals surface area contributed by atoms with Crippen molar-refractivity contribution in [2.45, 2.75) is 25.2 Å². The molecule has 0 saturated carbocycles. The van der Waals surface area contributed by atoms with Crippen LogP contribution in [0.5, 0.6) is 5.75 Å². The summed E-state index contributed by atoms with van der Waals surface area (Å²) in [7, 11) is -1.95. The molecular formula is C20H26N2O3S. The Labute approximate surface area is 156 Å². The summed E-state index contributed by atoms with van der Waals surface area (Å²) in [6.45, 7) is 6.15. The summed E-state index contributed by atoms with van der Waals surface area (Å²) in [5, 5.41) is 0. The van der Waals surface area contributed by atoms with Gasteiger partial charge in [0.15, 0.2) is 0 Å². The summed E-state index contributed by atoms with van der Waals surface area (Å²) in [5.74, 6) is 0.967. The van der Waals surface area contributed by atoms with Crippen LogP contribution in [0.25, 0.3) is 0 Å². The smallest absolute Gasteiger partial charge is 0.240 e. The number of nitrogens with one attached hydrogen (secondary N) is 1. The van der Waals surface area contributed by atoms with Crippen LogP contribution in [0.4, 0.5) is 5.69 Å². The summed E-state index contributed by atoms with van der Waals surface area (Å²) >= 11 is 0. The highest BCUT2D eigenvalue weighted by atomic mass is 32.2. The molecule has 0 bridgehead atoms. The fourth-order valence-corrected chi connectivity index (χ4v) is 4.75. The predicted octanol–water partition coefficient (Wildman–Crippen LogP) is 3.12. The van der Waals surface area contributed by atoms with Gasteiger partial charge >= 0.3 is 0 Å². The molecule has 1 aliphatic heterocycles. The molecule has 0 spiro atoms. The monoisotopic (exact) mass is 374 g/mol. The number of rotatable bonds is 6. The number of sulfonamides is 1. The number of anilines is 1. The molecule has 2 aromatic rings. The SMILES string of the molecule is COc1ccc(S(=O)(=O)NCC2CCN(c3cccc(C)c3)C2)c(C)c1. The molecule has 5 nitrogen and oxygen atoms in total. The van der Waals surface area contributed by atoms with Crippen LogP contribution in [-0.4, -0.2) is 35.2 Å². The fraction of sp³-hybridized carbons (Fsp3) is 0.400. The van der Waals surface area contributed by atoms with Crippen LogP contribution in [0, 0.1) is 19.8 Å². The molecule has 0 amide bonds. The van der Waals surface area contributed by atoms with E-state index in [0.29, 0.717) is 28.7 Å². The number of nitrogens with zero attached hydrogens (tertiary/aromatic N) is 1. The molecule has 6 heteroatoms. The zero-order chi connectivity index (χ0) is 18.7. The summed E-state index contributed by atoms with van der Waals surface area (Å²) < 4.78 is 33.2. The molecule has 1 N–H and O–H groups in total. The highest BCUT2D eigenvalue weighted by molar-refractivity contribution is 7.89. The largest absolute Gasteiger partial charge is 0.497 e. The summed E-state index contributed by atoms with van der Waals surface area (Å²) in [6, 6.07) is 13.5. The Hall–Kier alpha value is -2.05. The molecule has 3 rings (SSSR count). The van der Waals surface area contributed by atoms with Crippen molar-refractivity contribution in [3.05, 3.63) is 53.6 Å². The fourth-order valence-electron chi connectivity index (χ4n) is 3.41. The first-order chi connectivity index (χ1) is 12.4. The van der Waals surface area contributed by atoms with Crippen molar-refractivity contribution in [1.82, 2.24) is 4.72 Å². The summed E-state index contributed by atoms with van der Waals surface area (Å²) in [4.78, 5) is 2.64. The van der Waals surface area contributed by atoms with E-state index < -0.39 is 10.0 Å². The topological polar surface area (TPSA) is 58.6 Å². The normalized spacial score (nSPS) is 17.5. The molecule has 1 saturated heterocycles. The summed E-state index contributed by atoms with van der Waals surface area (Å²) in [6.07, 6.45) is 0.984. The van der Waals surface area contributed by atoms with Crippen LogP contribution in [-0.2, 0) is 10.0 Å². The molecular weight excluding hydrogens is 348 g/mol. The highest BCUT2D eigenvalue weighted by Gasteiger charge is 2.25. The Morgan fingerprint density at radius 2 is 2.00 bits per heavy atom. The van der Waals surface area contributed by atoms with Gasteiger partial charge in [-0.05, 0) is 67.6 Å². The number of hydrogen-bond acceptors (Lipinski definition) is 4. The number of aryl methyl sites for hydroxylation is 2. The lowest BCUT2D eigenvalue weighted by Crippen LogP contribution is -2.31. The van der Waals surface area contributed by atoms with Gasteiger partial charge in [-0.1, -0.05) is 12.1 Å². The predicted molar refractivity (Wildman–Crippen MR) is 104 cm³/mol. The number of hydrogen-bond donors (Lipinski definition) is 1. The molecule has 1 unspecified atom stereocenters. The molecule has 0 aromatic heterocycles. The maximum atomic E-state index is 12.6. The van der Waals surface area contributed by atoms with Crippen LogP contribution in [0.15, 0.2) is 47.4 Å². The average Bonchev–Trinajstić information content (AvgIpc) is 3.09. The Morgan fingerprint density at radius 3 is 2.69 bits per heavy atom. The van der Waals surface area contributed by atoms with Gasteiger partial charge in [-0.25, -0.2) is 13.1 Å². The van der Waals surface area contributed by atoms with Crippen LogP contribution in [0.1, 0.15) is 17.5 Å². The third-order valence-corrected chi connectivity index (χ3v) is 6.47. The van der Waals surface area contributed by atoms with E-state index in [1.165, 1.54) is 11.3 Å². The standard InChI is InChI=1S/C20H26N2O3S/c1-15-5-4-6-18(11-15)22-10-9-17(14-22)13-21-26(23,24)20-8-7-19(25-3)12-16(20)2/h4-8,11-12,17,21H,9-10,13-14H2,1-3H3. The lowest BCUT2D eigenvalue weighted by atomic mass is 10.1. The second-order valence-corrected chi connectivity index (χ2v) is 8.66. The lowest BCUT2D eigenvalue weighted by molar-refractivity contribution is 0.414. The van der Waals surface area contributed by atoms with Crippen LogP contribution >= 0.6 is 0 Å². The van der Waals surface area contributed by atoms with Crippen LogP contribution < -0.4 is 14.4 Å². The van der Waals surface area contributed by atoms with Gasteiger partial charge in [0.05, 0.1) is 12.0 Å². The zero-order valence-corrected chi connectivity index (χ0v) is 16.3. The van der Waals surface area contributed by atoms with E-state index in [4.69, 9.17) is 4.74 Å². The minimum atomic E-state index is -3.52. The van der Waals surface area contributed by atoms with E-state index in [1.54, 1.807) is 32.2 Å². The van der Waals surface area contributed by atoms with Gasteiger partial charge in [0, 0.05) is 25.3 Å². The number of ether oxygens (including phenoxy) is 1. The molecule has 0 aliphatic carbocycles. The van der Waals surface area contributed by atoms with Crippen molar-refractivity contribution in [2.75, 3.05) is 31.6 Å².